The highest BCUT2D eigenvalue weighted by molar-refractivity contribution is 6.24. The summed E-state index contributed by atoms with van der Waals surface area (Å²) < 4.78 is 0. The Labute approximate surface area is 227 Å². The van der Waals surface area contributed by atoms with Gasteiger partial charge in [-0.1, -0.05) is 68.4 Å². The minimum absolute atomic E-state index is 0.0848. The summed E-state index contributed by atoms with van der Waals surface area (Å²) in [5, 5.41) is 3.95. The lowest BCUT2D eigenvalue weighted by molar-refractivity contribution is -0.120. The number of hydrogen-bond donors (Lipinski definition) is 2. The quantitative estimate of drug-likeness (QED) is 0.321. The molecule has 2 aliphatic rings. The van der Waals surface area contributed by atoms with Gasteiger partial charge in [0.15, 0.2) is 0 Å². The summed E-state index contributed by atoms with van der Waals surface area (Å²) in [5.41, 5.74) is 5.72. The molecule has 7 heteroatoms. The number of imide groups is 1. The molecule has 2 aliphatic heterocycles. The van der Waals surface area contributed by atoms with Gasteiger partial charge in [-0.15, -0.1) is 0 Å². The van der Waals surface area contributed by atoms with Crippen molar-refractivity contribution in [2.24, 2.45) is 0 Å². The summed E-state index contributed by atoms with van der Waals surface area (Å²) in [4.78, 5) is 47.8. The topological polar surface area (TPSA) is 85.5 Å². The Morgan fingerprint density at radius 2 is 1.62 bits per heavy atom. The van der Waals surface area contributed by atoms with E-state index in [-0.39, 0.29) is 17.9 Å². The lowest BCUT2D eigenvalue weighted by atomic mass is 9.88. The van der Waals surface area contributed by atoms with Crippen LogP contribution in [-0.4, -0.2) is 39.8 Å². The Bertz CT molecular complexity index is 1600. The van der Waals surface area contributed by atoms with Gasteiger partial charge in [0.1, 0.15) is 12.1 Å². The molecule has 6 rings (SSSR count). The first-order valence-electron chi connectivity index (χ1n) is 13.5. The molecule has 2 unspecified atom stereocenters. The van der Waals surface area contributed by atoms with E-state index in [4.69, 9.17) is 0 Å². The maximum Gasteiger partial charge on any atom is 0.332 e. The maximum atomic E-state index is 14.2. The van der Waals surface area contributed by atoms with E-state index < -0.39 is 18.1 Å². The summed E-state index contributed by atoms with van der Waals surface area (Å²) in [6.07, 6.45) is 0.404. The molecular weight excluding hydrogens is 488 g/mol. The number of aromatic amines is 1. The molecule has 1 saturated heterocycles. The summed E-state index contributed by atoms with van der Waals surface area (Å²) in [5.74, 6) is -0.256. The molecule has 4 aromatic rings. The highest BCUT2D eigenvalue weighted by Crippen LogP contribution is 2.45. The Balaban J connectivity index is 1.49. The van der Waals surface area contributed by atoms with Crippen molar-refractivity contribution in [2.45, 2.75) is 58.2 Å². The number of urea groups is 1. The van der Waals surface area contributed by atoms with Gasteiger partial charge in [0, 0.05) is 29.1 Å². The van der Waals surface area contributed by atoms with Crippen molar-refractivity contribution in [1.82, 2.24) is 15.2 Å². The Morgan fingerprint density at radius 1 is 0.923 bits per heavy atom. The average molecular weight is 521 g/mol. The molecule has 3 heterocycles. The molecular formula is C32H32N4O3. The number of para-hydroxylation sites is 2. The fourth-order valence-electron chi connectivity index (χ4n) is 5.91. The van der Waals surface area contributed by atoms with E-state index in [9.17, 15) is 14.4 Å². The van der Waals surface area contributed by atoms with Crippen LogP contribution in [0.5, 0.6) is 0 Å². The SMILES string of the molecule is CC(C)NC(=O)c1ccccc1N1C(=O)C2Cc3c([nH]c4ccccc34)C(c3ccc(C(C)C)cc3)N2C1=O. The zero-order valence-electron chi connectivity index (χ0n) is 22.6. The zero-order valence-corrected chi connectivity index (χ0v) is 22.6. The van der Waals surface area contributed by atoms with Crippen LogP contribution in [0, 0.1) is 0 Å². The van der Waals surface area contributed by atoms with Gasteiger partial charge in [-0.05, 0) is 54.7 Å². The van der Waals surface area contributed by atoms with E-state index in [1.54, 1.807) is 29.2 Å². The number of amides is 4. The normalized spacial score (nSPS) is 18.7. The van der Waals surface area contributed by atoms with Crippen LogP contribution in [0.1, 0.15) is 72.4 Å². The van der Waals surface area contributed by atoms with Crippen molar-refractivity contribution in [1.29, 1.82) is 0 Å². The molecule has 0 saturated carbocycles. The van der Waals surface area contributed by atoms with Crippen LogP contribution >= 0.6 is 0 Å². The first kappa shape index (κ1) is 24.9. The number of hydrogen-bond acceptors (Lipinski definition) is 3. The van der Waals surface area contributed by atoms with E-state index in [2.05, 4.69) is 54.5 Å². The van der Waals surface area contributed by atoms with Crippen LogP contribution in [0.25, 0.3) is 10.9 Å². The molecule has 4 amide bonds. The maximum absolute atomic E-state index is 14.2. The molecule has 1 aromatic heterocycles. The number of carbonyl (C=O) groups excluding carboxylic acids is 3. The summed E-state index contributed by atoms with van der Waals surface area (Å²) in [6.45, 7) is 8.05. The number of H-pyrrole nitrogens is 1. The Hall–Kier alpha value is -4.39. The standard InChI is InChI=1S/C32H32N4O3/c1-18(2)20-13-15-21(16-14-20)29-28-24(22-9-5-7-11-25(22)34-28)17-27-31(38)36(32(39)35(27)29)26-12-8-6-10-23(26)30(37)33-19(3)4/h5-16,18-19,27,29,34H,17H2,1-4H3,(H,33,37). The molecule has 1 fully saturated rings. The lowest BCUT2D eigenvalue weighted by Crippen LogP contribution is -2.44. The molecule has 0 aliphatic carbocycles. The van der Waals surface area contributed by atoms with Crippen LogP contribution in [0.2, 0.25) is 0 Å². The molecule has 2 N–H and O–H groups in total. The average Bonchev–Trinajstić information content (AvgIpc) is 3.41. The van der Waals surface area contributed by atoms with Crippen molar-refractivity contribution in [2.75, 3.05) is 4.90 Å². The largest absolute Gasteiger partial charge is 0.356 e. The molecule has 3 aromatic carbocycles. The number of benzene rings is 3. The minimum atomic E-state index is -0.680. The molecule has 2 atom stereocenters. The van der Waals surface area contributed by atoms with Crippen LogP contribution in [0.15, 0.2) is 72.8 Å². The van der Waals surface area contributed by atoms with Crippen LogP contribution in [0.3, 0.4) is 0 Å². The van der Waals surface area contributed by atoms with Crippen LogP contribution in [0.4, 0.5) is 10.5 Å². The number of fused-ring (bicyclic) bond motifs is 4. The van der Waals surface area contributed by atoms with Gasteiger partial charge in [-0.2, -0.15) is 0 Å². The van der Waals surface area contributed by atoms with Crippen LogP contribution < -0.4 is 10.2 Å². The van der Waals surface area contributed by atoms with Crippen molar-refractivity contribution >= 4 is 34.4 Å². The molecule has 0 spiro atoms. The predicted molar refractivity (Wildman–Crippen MR) is 152 cm³/mol. The highest BCUT2D eigenvalue weighted by atomic mass is 16.2. The highest BCUT2D eigenvalue weighted by Gasteiger charge is 2.53. The smallest absolute Gasteiger partial charge is 0.332 e. The second-order valence-corrected chi connectivity index (χ2v) is 11.0. The molecule has 39 heavy (non-hydrogen) atoms. The van der Waals surface area contributed by atoms with E-state index in [1.807, 2.05) is 32.0 Å². The number of nitrogens with zero attached hydrogens (tertiary/aromatic N) is 2. The number of rotatable bonds is 5. The Morgan fingerprint density at radius 3 is 2.33 bits per heavy atom. The third-order valence-corrected chi connectivity index (χ3v) is 7.78. The molecule has 198 valence electrons. The van der Waals surface area contributed by atoms with Gasteiger partial charge < -0.3 is 10.3 Å². The van der Waals surface area contributed by atoms with Crippen LogP contribution in [-0.2, 0) is 11.2 Å². The van der Waals surface area contributed by atoms with Gasteiger partial charge in [0.25, 0.3) is 11.8 Å². The van der Waals surface area contributed by atoms with Crippen molar-refractivity contribution in [3.05, 3.63) is 101 Å². The second-order valence-electron chi connectivity index (χ2n) is 11.0. The fourth-order valence-corrected chi connectivity index (χ4v) is 5.91. The van der Waals surface area contributed by atoms with Gasteiger partial charge in [0.05, 0.1) is 11.3 Å². The minimum Gasteiger partial charge on any atom is -0.356 e. The van der Waals surface area contributed by atoms with Gasteiger partial charge in [-0.25, -0.2) is 9.69 Å². The van der Waals surface area contributed by atoms with E-state index in [0.29, 0.717) is 23.6 Å². The number of anilines is 1. The van der Waals surface area contributed by atoms with Crippen molar-refractivity contribution < 1.29 is 14.4 Å². The number of carbonyl (C=O) groups is 3. The third kappa shape index (κ3) is 4.00. The van der Waals surface area contributed by atoms with E-state index >= 15 is 0 Å². The van der Waals surface area contributed by atoms with Crippen molar-refractivity contribution in [3.8, 4) is 0 Å². The van der Waals surface area contributed by atoms with Gasteiger partial charge in [0.2, 0.25) is 0 Å². The van der Waals surface area contributed by atoms with Crippen molar-refractivity contribution in [3.63, 3.8) is 0 Å². The summed E-state index contributed by atoms with van der Waals surface area (Å²) in [7, 11) is 0. The monoisotopic (exact) mass is 520 g/mol. The van der Waals surface area contributed by atoms with Gasteiger partial charge >= 0.3 is 6.03 Å². The molecule has 0 radical (unpaired) electrons. The fraction of sp³-hybridized carbons (Fsp3) is 0.281. The first-order chi connectivity index (χ1) is 18.8. The van der Waals surface area contributed by atoms with E-state index in [0.717, 1.165) is 27.7 Å². The molecule has 7 nitrogen and oxygen atoms in total. The zero-order chi connectivity index (χ0) is 27.4. The Kier molecular flexibility index (Phi) is 6.02. The summed E-state index contributed by atoms with van der Waals surface area (Å²) in [6, 6.07) is 21.5. The third-order valence-electron chi connectivity index (χ3n) is 7.78. The second kappa shape index (κ2) is 9.42. The summed E-state index contributed by atoms with van der Waals surface area (Å²) >= 11 is 0. The number of aromatic nitrogens is 1. The lowest BCUT2D eigenvalue weighted by Gasteiger charge is -2.36. The first-order valence-corrected chi connectivity index (χ1v) is 13.5. The number of nitrogens with one attached hydrogen (secondary N) is 2. The predicted octanol–water partition coefficient (Wildman–Crippen LogP) is 5.91. The van der Waals surface area contributed by atoms with Gasteiger partial charge in [-0.3, -0.25) is 14.5 Å². The molecule has 0 bridgehead atoms. The van der Waals surface area contributed by atoms with E-state index in [1.165, 1.54) is 10.5 Å².